The second-order valence-corrected chi connectivity index (χ2v) is 5.66. The summed E-state index contributed by atoms with van der Waals surface area (Å²) in [7, 11) is 0. The first-order valence-corrected chi connectivity index (χ1v) is 7.62. The molecule has 4 nitrogen and oxygen atoms in total. The fourth-order valence-electron chi connectivity index (χ4n) is 2.11. The molecule has 3 rings (SSSR count). The van der Waals surface area contributed by atoms with Gasteiger partial charge in [0.2, 0.25) is 0 Å². The summed E-state index contributed by atoms with van der Waals surface area (Å²) in [6.45, 7) is 0.948. The van der Waals surface area contributed by atoms with Gasteiger partial charge in [0, 0.05) is 18.3 Å². The van der Waals surface area contributed by atoms with Crippen molar-refractivity contribution in [3.63, 3.8) is 0 Å². The van der Waals surface area contributed by atoms with E-state index in [1.807, 2.05) is 30.3 Å². The number of halogens is 1. The number of benzene rings is 1. The quantitative estimate of drug-likeness (QED) is 0.461. The first kappa shape index (κ1) is 14.7. The molecule has 0 unspecified atom stereocenters. The first-order valence-electron chi connectivity index (χ1n) is 7.24. The van der Waals surface area contributed by atoms with Crippen LogP contribution in [0.15, 0.2) is 36.5 Å². The van der Waals surface area contributed by atoms with E-state index in [1.54, 1.807) is 6.20 Å². The van der Waals surface area contributed by atoms with Crippen LogP contribution >= 0.6 is 11.6 Å². The molecule has 0 radical (unpaired) electrons. The van der Waals surface area contributed by atoms with Gasteiger partial charge in [0.25, 0.3) is 0 Å². The van der Waals surface area contributed by atoms with E-state index in [9.17, 15) is 0 Å². The Kier molecular flexibility index (Phi) is 4.47. The molecule has 5 heteroatoms. The third-order valence-corrected chi connectivity index (χ3v) is 3.95. The Hall–Kier alpha value is -2.22. The molecule has 0 bridgehead atoms. The second-order valence-electron chi connectivity index (χ2n) is 5.28. The molecule has 0 aliphatic heterocycles. The lowest BCUT2D eigenvalue weighted by molar-refractivity contribution is 0.889. The van der Waals surface area contributed by atoms with Gasteiger partial charge < -0.3 is 10.7 Å². The van der Waals surface area contributed by atoms with Crippen LogP contribution in [0.1, 0.15) is 24.1 Å². The third kappa shape index (κ3) is 3.51. The number of aromatic nitrogens is 1. The average Bonchev–Trinajstić information content (AvgIpc) is 3.37. The molecule has 1 aliphatic carbocycles. The fraction of sp³-hybridized carbons (Fsp3) is 0.235. The fourth-order valence-corrected chi connectivity index (χ4v) is 2.37. The van der Waals surface area contributed by atoms with Gasteiger partial charge in [0.1, 0.15) is 5.69 Å². The molecule has 4 N–H and O–H groups in total. The molecular formula is C17H17ClN4. The summed E-state index contributed by atoms with van der Waals surface area (Å²) in [5.41, 5.74) is 5.68. The minimum atomic E-state index is 0.520. The van der Waals surface area contributed by atoms with E-state index in [0.29, 0.717) is 16.4 Å². The van der Waals surface area contributed by atoms with Gasteiger partial charge in [-0.2, -0.15) is 0 Å². The topological polar surface area (TPSA) is 63.0 Å². The molecule has 1 aliphatic rings. The lowest BCUT2D eigenvalue weighted by Gasteiger charge is -2.13. The zero-order valence-electron chi connectivity index (χ0n) is 12.1. The number of anilines is 2. The molecule has 22 heavy (non-hydrogen) atoms. The number of nitrogens with zero attached hydrogens (tertiary/aromatic N) is 1. The van der Waals surface area contributed by atoms with Gasteiger partial charge in [-0.15, -0.1) is 0 Å². The lowest BCUT2D eigenvalue weighted by Crippen LogP contribution is -2.12. The van der Waals surface area contributed by atoms with E-state index < -0.39 is 0 Å². The normalized spacial score (nSPS) is 13.2. The lowest BCUT2D eigenvalue weighted by atomic mass is 10.1. The minimum absolute atomic E-state index is 0.520. The monoisotopic (exact) mass is 312 g/mol. The standard InChI is InChI=1S/C17H17ClN4/c18-16-13(6-8-14-3-1-2-10-20-14)7-9-15(17(16)22-19)21-11-12-4-5-12/h1-3,7,9-10,12,21-22H,4-5,11,19H2. The van der Waals surface area contributed by atoms with Crippen molar-refractivity contribution >= 4 is 23.0 Å². The molecule has 2 aromatic rings. The van der Waals surface area contributed by atoms with Crippen LogP contribution in [0.2, 0.25) is 5.02 Å². The molecule has 1 aromatic heterocycles. The van der Waals surface area contributed by atoms with Crippen LogP contribution in [-0.4, -0.2) is 11.5 Å². The highest BCUT2D eigenvalue weighted by Crippen LogP contribution is 2.34. The van der Waals surface area contributed by atoms with Crippen molar-refractivity contribution in [2.24, 2.45) is 11.8 Å². The van der Waals surface area contributed by atoms with Crippen molar-refractivity contribution < 1.29 is 0 Å². The zero-order chi connectivity index (χ0) is 15.4. The molecule has 1 aromatic carbocycles. The largest absolute Gasteiger partial charge is 0.383 e. The van der Waals surface area contributed by atoms with Gasteiger partial charge >= 0.3 is 0 Å². The van der Waals surface area contributed by atoms with Crippen LogP contribution in [-0.2, 0) is 0 Å². The highest BCUT2D eigenvalue weighted by molar-refractivity contribution is 6.35. The molecule has 1 saturated carbocycles. The van der Waals surface area contributed by atoms with E-state index in [0.717, 1.165) is 23.7 Å². The smallest absolute Gasteiger partial charge is 0.113 e. The third-order valence-electron chi connectivity index (χ3n) is 3.55. The number of hydrogen-bond acceptors (Lipinski definition) is 4. The summed E-state index contributed by atoms with van der Waals surface area (Å²) in [5.74, 6) is 12.4. The van der Waals surface area contributed by atoms with Crippen LogP contribution in [0.5, 0.6) is 0 Å². The Bertz CT molecular complexity index is 715. The first-order chi connectivity index (χ1) is 10.8. The molecule has 1 fully saturated rings. The van der Waals surface area contributed by atoms with E-state index in [2.05, 4.69) is 27.6 Å². The zero-order valence-corrected chi connectivity index (χ0v) is 12.8. The predicted octanol–water partition coefficient (Wildman–Crippen LogP) is 3.24. The highest BCUT2D eigenvalue weighted by atomic mass is 35.5. The van der Waals surface area contributed by atoms with Crippen molar-refractivity contribution in [3.05, 3.63) is 52.8 Å². The number of hydrazine groups is 1. The number of hydrogen-bond donors (Lipinski definition) is 3. The van der Waals surface area contributed by atoms with Gasteiger partial charge in [-0.1, -0.05) is 23.6 Å². The maximum absolute atomic E-state index is 6.41. The predicted molar refractivity (Wildman–Crippen MR) is 90.7 cm³/mol. The SMILES string of the molecule is NNc1c(NCC2CC2)ccc(C#Cc2ccccn2)c1Cl. The van der Waals surface area contributed by atoms with E-state index >= 15 is 0 Å². The van der Waals surface area contributed by atoms with Crippen molar-refractivity contribution in [3.8, 4) is 11.8 Å². The number of nitrogen functional groups attached to an aromatic ring is 1. The van der Waals surface area contributed by atoms with E-state index in [-0.39, 0.29) is 0 Å². The highest BCUT2D eigenvalue weighted by Gasteiger charge is 2.21. The van der Waals surface area contributed by atoms with Crippen molar-refractivity contribution in [1.82, 2.24) is 4.98 Å². The van der Waals surface area contributed by atoms with Gasteiger partial charge in [-0.25, -0.2) is 4.98 Å². The summed E-state index contributed by atoms with van der Waals surface area (Å²) in [6, 6.07) is 9.46. The number of pyridine rings is 1. The molecule has 0 atom stereocenters. The summed E-state index contributed by atoms with van der Waals surface area (Å²) in [6.07, 6.45) is 4.29. The molecule has 1 heterocycles. The molecule has 112 valence electrons. The van der Waals surface area contributed by atoms with E-state index in [1.165, 1.54) is 12.8 Å². The van der Waals surface area contributed by atoms with Gasteiger partial charge in [-0.3, -0.25) is 5.84 Å². The number of nitrogens with one attached hydrogen (secondary N) is 2. The van der Waals surface area contributed by atoms with Crippen LogP contribution in [0, 0.1) is 17.8 Å². The second kappa shape index (κ2) is 6.69. The molecule has 0 spiro atoms. The minimum Gasteiger partial charge on any atom is -0.383 e. The van der Waals surface area contributed by atoms with Gasteiger partial charge in [-0.05, 0) is 48.9 Å². The van der Waals surface area contributed by atoms with Crippen molar-refractivity contribution in [2.75, 3.05) is 17.3 Å². The molecular weight excluding hydrogens is 296 g/mol. The van der Waals surface area contributed by atoms with Gasteiger partial charge in [0.05, 0.1) is 16.4 Å². The summed E-state index contributed by atoms with van der Waals surface area (Å²) in [4.78, 5) is 4.17. The summed E-state index contributed by atoms with van der Waals surface area (Å²) in [5, 5.41) is 3.90. The summed E-state index contributed by atoms with van der Waals surface area (Å²) >= 11 is 6.41. The maximum atomic E-state index is 6.41. The maximum Gasteiger partial charge on any atom is 0.113 e. The van der Waals surface area contributed by atoms with Crippen LogP contribution in [0.3, 0.4) is 0 Å². The average molecular weight is 313 g/mol. The Balaban J connectivity index is 1.84. The Labute approximate surface area is 135 Å². The van der Waals surface area contributed by atoms with Gasteiger partial charge in [0.15, 0.2) is 0 Å². The summed E-state index contributed by atoms with van der Waals surface area (Å²) < 4.78 is 0. The van der Waals surface area contributed by atoms with Crippen molar-refractivity contribution in [2.45, 2.75) is 12.8 Å². The number of rotatable bonds is 4. The van der Waals surface area contributed by atoms with Crippen LogP contribution in [0.4, 0.5) is 11.4 Å². The number of nitrogens with two attached hydrogens (primary N) is 1. The Morgan fingerprint density at radius 2 is 2.09 bits per heavy atom. The van der Waals surface area contributed by atoms with Crippen LogP contribution < -0.4 is 16.6 Å². The van der Waals surface area contributed by atoms with Crippen molar-refractivity contribution in [1.29, 1.82) is 0 Å². The molecule has 0 saturated heterocycles. The Morgan fingerprint density at radius 3 is 2.77 bits per heavy atom. The van der Waals surface area contributed by atoms with E-state index in [4.69, 9.17) is 17.4 Å². The Morgan fingerprint density at radius 1 is 1.23 bits per heavy atom. The van der Waals surface area contributed by atoms with Crippen LogP contribution in [0.25, 0.3) is 0 Å². The molecule has 0 amide bonds.